The largest absolute Gasteiger partial charge is 0.341 e. The average molecular weight is 345 g/mol. The first-order valence-corrected chi connectivity index (χ1v) is 7.99. The fourth-order valence-corrected chi connectivity index (χ4v) is 4.02. The van der Waals surface area contributed by atoms with Crippen LogP contribution in [0.25, 0.3) is 0 Å². The van der Waals surface area contributed by atoms with Gasteiger partial charge in [0.25, 0.3) is 5.91 Å². The Labute approximate surface area is 131 Å². The van der Waals surface area contributed by atoms with Crippen molar-refractivity contribution in [2.24, 2.45) is 21.4 Å². The van der Waals surface area contributed by atoms with Crippen molar-refractivity contribution in [3.05, 3.63) is 19.5 Å². The zero-order valence-electron chi connectivity index (χ0n) is 11.0. The van der Waals surface area contributed by atoms with Crippen molar-refractivity contribution in [2.45, 2.75) is 18.0 Å². The van der Waals surface area contributed by atoms with Gasteiger partial charge in [-0.05, 0) is 0 Å². The van der Waals surface area contributed by atoms with Crippen LogP contribution in [-0.2, 0) is 4.74 Å². The molecule has 2 unspecified atom stereocenters. The van der Waals surface area contributed by atoms with Gasteiger partial charge < -0.3 is 21.2 Å². The highest BCUT2D eigenvalue weighted by molar-refractivity contribution is 8.00. The monoisotopic (exact) mass is 345 g/mol. The van der Waals surface area contributed by atoms with Crippen LogP contribution < -0.4 is 21.3 Å². The Kier molecular flexibility index (Phi) is 4.08. The van der Waals surface area contributed by atoms with Gasteiger partial charge in [0.1, 0.15) is 28.9 Å². The predicted molar refractivity (Wildman–Crippen MR) is 79.5 cm³/mol. The number of rotatable bonds is 4. The fraction of sp³-hybridized carbons (Fsp3) is 0.556. The first-order chi connectivity index (χ1) is 10.6. The summed E-state index contributed by atoms with van der Waals surface area (Å²) >= 11 is 2.18. The van der Waals surface area contributed by atoms with Gasteiger partial charge in [-0.15, -0.1) is 16.9 Å². The highest BCUT2D eigenvalue weighted by Crippen LogP contribution is 2.35. The van der Waals surface area contributed by atoms with Crippen LogP contribution in [0, 0.1) is 4.91 Å². The van der Waals surface area contributed by atoms with E-state index >= 15 is 0 Å². The summed E-state index contributed by atoms with van der Waals surface area (Å²) in [5.74, 6) is 5.31. The quantitative estimate of drug-likeness (QED) is 0.301. The molecule has 3 atom stereocenters. The molecule has 22 heavy (non-hydrogen) atoms. The molecule has 2 aliphatic heterocycles. The van der Waals surface area contributed by atoms with Gasteiger partial charge >= 0.3 is 4.87 Å². The molecule has 0 aliphatic carbocycles. The van der Waals surface area contributed by atoms with Gasteiger partial charge in [0.2, 0.25) is 6.29 Å². The second-order valence-corrected chi connectivity index (χ2v) is 6.49. The summed E-state index contributed by atoms with van der Waals surface area (Å²) in [6.45, 7) is 0.000170. The first kappa shape index (κ1) is 14.9. The van der Waals surface area contributed by atoms with E-state index in [4.69, 9.17) is 10.6 Å². The molecule has 0 bridgehead atoms. The first-order valence-electron chi connectivity index (χ1n) is 6.13. The Morgan fingerprint density at radius 2 is 2.23 bits per heavy atom. The third kappa shape index (κ3) is 2.57. The topological polar surface area (TPSA) is 153 Å². The average Bonchev–Trinajstić information content (AvgIpc) is 3.04. The van der Waals surface area contributed by atoms with Crippen LogP contribution >= 0.6 is 23.1 Å². The number of carbonyl (C=O) groups is 1. The molecular formula is C9H11N7O4S2. The number of nitrogens with one attached hydrogen (secondary N) is 2. The van der Waals surface area contributed by atoms with Gasteiger partial charge in [-0.25, -0.2) is 0 Å². The molecule has 2 aliphatic rings. The number of aromatic nitrogens is 1. The fourth-order valence-electron chi connectivity index (χ4n) is 2.15. The van der Waals surface area contributed by atoms with Crippen molar-refractivity contribution in [3.63, 3.8) is 0 Å². The Bertz CT molecular complexity index is 686. The summed E-state index contributed by atoms with van der Waals surface area (Å²) in [5.41, 5.74) is -0.401. The third-order valence-corrected chi connectivity index (χ3v) is 5.08. The Morgan fingerprint density at radius 1 is 1.41 bits per heavy atom. The number of nitrogens with zero attached hydrogens (tertiary/aromatic N) is 4. The number of nitroso groups, excluding NO2 is 1. The summed E-state index contributed by atoms with van der Waals surface area (Å²) < 4.78 is 6.95. The molecule has 4 N–H and O–H groups in total. The summed E-state index contributed by atoms with van der Waals surface area (Å²) in [6, 6.07) is 0. The molecule has 1 amide bonds. The number of thiazole rings is 1. The van der Waals surface area contributed by atoms with E-state index < -0.39 is 23.9 Å². The number of carbonyl (C=O) groups excluding carboxylic acids is 1. The molecule has 3 heterocycles. The highest BCUT2D eigenvalue weighted by atomic mass is 32.2. The molecule has 1 aromatic heterocycles. The molecule has 1 fully saturated rings. The lowest BCUT2D eigenvalue weighted by molar-refractivity contribution is 0.0228. The Balaban J connectivity index is 1.92. The number of hydrogen-bond donors (Lipinski definition) is 3. The van der Waals surface area contributed by atoms with E-state index in [2.05, 4.69) is 26.1 Å². The van der Waals surface area contributed by atoms with Crippen LogP contribution in [0.5, 0.6) is 0 Å². The molecule has 13 heteroatoms. The van der Waals surface area contributed by atoms with Gasteiger partial charge in [-0.1, -0.05) is 21.7 Å². The number of thioether (sulfide) groups is 1. The van der Waals surface area contributed by atoms with Gasteiger partial charge in [-0.3, -0.25) is 14.2 Å². The molecule has 0 radical (unpaired) electrons. The minimum absolute atomic E-state index is 0.000170. The smallest absolute Gasteiger partial charge is 0.311 e. The number of anilines is 1. The van der Waals surface area contributed by atoms with Crippen molar-refractivity contribution >= 4 is 34.8 Å². The zero-order valence-corrected chi connectivity index (χ0v) is 12.6. The second kappa shape index (κ2) is 6.02. The van der Waals surface area contributed by atoms with Crippen LogP contribution in [0.15, 0.2) is 20.3 Å². The summed E-state index contributed by atoms with van der Waals surface area (Å²) in [4.78, 5) is 34.3. The summed E-state index contributed by atoms with van der Waals surface area (Å²) in [6.07, 6.45) is -1.44. The second-order valence-electron chi connectivity index (χ2n) is 4.33. The van der Waals surface area contributed by atoms with E-state index in [1.54, 1.807) is 0 Å². The Hall–Kier alpha value is -1.99. The van der Waals surface area contributed by atoms with Crippen LogP contribution in [0.3, 0.4) is 0 Å². The van der Waals surface area contributed by atoms with E-state index in [0.717, 1.165) is 11.3 Å². The summed E-state index contributed by atoms with van der Waals surface area (Å²) in [5, 5.41) is 14.9. The molecule has 118 valence electrons. The van der Waals surface area contributed by atoms with Crippen LogP contribution in [0.2, 0.25) is 0 Å². The maximum Gasteiger partial charge on any atom is 0.311 e. The number of hydrogen-bond acceptors (Lipinski definition) is 10. The number of amides is 1. The van der Waals surface area contributed by atoms with E-state index in [1.807, 2.05) is 0 Å². The van der Waals surface area contributed by atoms with Gasteiger partial charge in [0.05, 0.1) is 0 Å². The molecule has 1 saturated heterocycles. The minimum atomic E-state index is -0.855. The zero-order chi connectivity index (χ0) is 15.7. The lowest BCUT2D eigenvalue weighted by Gasteiger charge is -2.24. The molecule has 11 nitrogen and oxygen atoms in total. The van der Waals surface area contributed by atoms with Gasteiger partial charge in [-0.2, -0.15) is 4.91 Å². The lowest BCUT2D eigenvalue weighted by atomic mass is 10.3. The van der Waals surface area contributed by atoms with E-state index in [-0.39, 0.29) is 16.3 Å². The molecule has 0 aromatic carbocycles. The maximum atomic E-state index is 12.2. The number of fused-ring (bicyclic) bond motifs is 1. The standard InChI is InChI=1S/C9H11N7O4S2/c10-15-14-8-12-6-5(7(17)13-8)22-9(18)16(6)3-2-21-4(20-3)1-11-19/h3-4,8,12H,1-2H2,(H2,10,14)(H,13,17)/t3?,4-,8?/m0/s1. The SMILES string of the molecule is NN=NC1NC(=O)c2sc(=O)n(C3CS[C@@H](CN=O)O3)c2N1. The van der Waals surface area contributed by atoms with Crippen molar-refractivity contribution in [1.82, 2.24) is 9.88 Å². The maximum absolute atomic E-state index is 12.2. The van der Waals surface area contributed by atoms with Gasteiger partial charge in [0, 0.05) is 5.75 Å². The van der Waals surface area contributed by atoms with Crippen LogP contribution in [0.4, 0.5) is 5.82 Å². The van der Waals surface area contributed by atoms with Crippen molar-refractivity contribution < 1.29 is 9.53 Å². The number of nitrogens with two attached hydrogens (primary N) is 1. The van der Waals surface area contributed by atoms with Crippen LogP contribution in [0.1, 0.15) is 15.9 Å². The van der Waals surface area contributed by atoms with Crippen LogP contribution in [-0.4, -0.2) is 34.5 Å². The molecule has 0 saturated carbocycles. The molecule has 3 rings (SSSR count). The van der Waals surface area contributed by atoms with E-state index in [0.29, 0.717) is 11.6 Å². The normalized spacial score (nSPS) is 27.5. The van der Waals surface area contributed by atoms with Crippen molar-refractivity contribution in [3.8, 4) is 0 Å². The summed E-state index contributed by atoms with van der Waals surface area (Å²) in [7, 11) is 0. The van der Waals surface area contributed by atoms with E-state index in [1.165, 1.54) is 16.3 Å². The highest BCUT2D eigenvalue weighted by Gasteiger charge is 2.35. The lowest BCUT2D eigenvalue weighted by Crippen LogP contribution is -2.44. The van der Waals surface area contributed by atoms with Crippen molar-refractivity contribution in [1.29, 1.82) is 0 Å². The number of ether oxygens (including phenoxy) is 1. The van der Waals surface area contributed by atoms with Crippen molar-refractivity contribution in [2.75, 3.05) is 17.6 Å². The van der Waals surface area contributed by atoms with E-state index in [9.17, 15) is 14.5 Å². The third-order valence-electron chi connectivity index (χ3n) is 3.02. The minimum Gasteiger partial charge on any atom is -0.341 e. The molecule has 1 aromatic rings. The molecule has 0 spiro atoms. The Morgan fingerprint density at radius 3 is 2.95 bits per heavy atom. The molecular weight excluding hydrogens is 334 g/mol. The predicted octanol–water partition coefficient (Wildman–Crippen LogP) is 0.0291. The van der Waals surface area contributed by atoms with Gasteiger partial charge in [0.15, 0.2) is 0 Å².